The average Bonchev–Trinajstić information content (AvgIpc) is 3.69. The van der Waals surface area contributed by atoms with Crippen LogP contribution in [-0.4, -0.2) is 71.5 Å². The van der Waals surface area contributed by atoms with E-state index in [2.05, 4.69) is 4.90 Å². The van der Waals surface area contributed by atoms with Crippen LogP contribution < -0.4 is 4.90 Å². The Balaban J connectivity index is 1.21. The third kappa shape index (κ3) is 6.52. The Morgan fingerprint density at radius 1 is 1.21 bits per heavy atom. The third-order valence-electron chi connectivity index (χ3n) is 7.07. The number of thiophene rings is 1. The number of thiocarbonyl (C=S) groups is 1. The van der Waals surface area contributed by atoms with Crippen molar-refractivity contribution in [3.8, 4) is 0 Å². The molecule has 2 aromatic heterocycles. The van der Waals surface area contributed by atoms with Crippen molar-refractivity contribution in [1.29, 1.82) is 0 Å². The molecule has 12 heteroatoms. The van der Waals surface area contributed by atoms with Crippen molar-refractivity contribution >= 4 is 73.2 Å². The zero-order chi connectivity index (χ0) is 26.7. The quantitative estimate of drug-likeness (QED) is 0.310. The van der Waals surface area contributed by atoms with E-state index in [1.807, 2.05) is 35.7 Å². The van der Waals surface area contributed by atoms with E-state index in [1.54, 1.807) is 21.1 Å². The van der Waals surface area contributed by atoms with Gasteiger partial charge in [-0.1, -0.05) is 30.0 Å². The molecule has 8 nitrogen and oxygen atoms in total. The Bertz CT molecular complexity index is 1310. The minimum Gasteiger partial charge on any atom is -0.444 e. The summed E-state index contributed by atoms with van der Waals surface area (Å²) in [5.74, 6) is 1.24. The molecule has 2 amide bonds. The van der Waals surface area contributed by atoms with Crippen LogP contribution in [0.2, 0.25) is 0 Å². The number of thioether (sulfide) groups is 1. The summed E-state index contributed by atoms with van der Waals surface area (Å²) in [5, 5.41) is 1.96. The van der Waals surface area contributed by atoms with Crippen molar-refractivity contribution in [2.45, 2.75) is 51.1 Å². The number of rotatable bonds is 9. The van der Waals surface area contributed by atoms with Crippen LogP contribution in [-0.2, 0) is 26.0 Å². The Kier molecular flexibility index (Phi) is 8.61. The van der Waals surface area contributed by atoms with Crippen LogP contribution in [0.25, 0.3) is 6.08 Å². The maximum Gasteiger partial charge on any atom is 0.266 e. The lowest BCUT2D eigenvalue weighted by atomic mass is 10.1. The molecule has 0 bridgehead atoms. The van der Waals surface area contributed by atoms with Crippen molar-refractivity contribution in [1.82, 2.24) is 9.80 Å². The zero-order valence-electron chi connectivity index (χ0n) is 21.0. The average molecular weight is 594 g/mol. The molecule has 1 atom stereocenters. The molecule has 0 N–H and O–H groups in total. The smallest absolute Gasteiger partial charge is 0.266 e. The standard InChI is InChI=1S/C26H31N3O5S4/c30-23(7-4-13-28-25(31)22(37-26(28)35)16-21-6-5-14-36-21)29(19-10-15-38(32,33)18-19)17-20-8-9-24(34-20)27-11-2-1-3-12-27/h5-6,8-9,14,16,19H,1-4,7,10-13,15,17-18H2/b22-16-. The van der Waals surface area contributed by atoms with Gasteiger partial charge in [-0.3, -0.25) is 14.5 Å². The molecule has 0 saturated carbocycles. The van der Waals surface area contributed by atoms with Gasteiger partial charge in [0.2, 0.25) is 5.91 Å². The van der Waals surface area contributed by atoms with Gasteiger partial charge in [0.25, 0.3) is 5.91 Å². The summed E-state index contributed by atoms with van der Waals surface area (Å²) in [6.07, 6.45) is 6.39. The van der Waals surface area contributed by atoms with Crippen molar-refractivity contribution in [3.63, 3.8) is 0 Å². The first-order chi connectivity index (χ1) is 18.3. The molecule has 3 aliphatic rings. The summed E-state index contributed by atoms with van der Waals surface area (Å²) in [4.78, 5) is 33.3. The van der Waals surface area contributed by atoms with Gasteiger partial charge in [0.15, 0.2) is 15.7 Å². The van der Waals surface area contributed by atoms with Gasteiger partial charge in [0, 0.05) is 43.0 Å². The number of hydrogen-bond donors (Lipinski definition) is 0. The van der Waals surface area contributed by atoms with Crippen LogP contribution in [0.5, 0.6) is 0 Å². The minimum absolute atomic E-state index is 0.0271. The number of piperidine rings is 1. The Labute approximate surface area is 236 Å². The van der Waals surface area contributed by atoms with Gasteiger partial charge in [-0.05, 0) is 55.7 Å². The molecule has 0 radical (unpaired) electrons. The van der Waals surface area contributed by atoms with E-state index in [0.717, 1.165) is 36.7 Å². The fourth-order valence-corrected chi connectivity index (χ4v) is 8.84. The van der Waals surface area contributed by atoms with Crippen LogP contribution in [0, 0.1) is 0 Å². The summed E-state index contributed by atoms with van der Waals surface area (Å²) in [7, 11) is -3.17. The fourth-order valence-electron chi connectivity index (χ4n) is 5.07. The predicted octanol–water partition coefficient (Wildman–Crippen LogP) is 4.53. The molecule has 0 aromatic carbocycles. The van der Waals surface area contributed by atoms with Crippen molar-refractivity contribution in [2.75, 3.05) is 36.0 Å². The molecule has 0 spiro atoms. The maximum absolute atomic E-state index is 13.4. The molecule has 0 aliphatic carbocycles. The molecule has 38 heavy (non-hydrogen) atoms. The van der Waals surface area contributed by atoms with E-state index in [9.17, 15) is 18.0 Å². The maximum atomic E-state index is 13.4. The van der Waals surface area contributed by atoms with Crippen LogP contribution in [0.3, 0.4) is 0 Å². The highest BCUT2D eigenvalue weighted by atomic mass is 32.2. The van der Waals surface area contributed by atoms with Gasteiger partial charge < -0.3 is 14.2 Å². The van der Waals surface area contributed by atoms with Gasteiger partial charge in [0.1, 0.15) is 10.1 Å². The summed E-state index contributed by atoms with van der Waals surface area (Å²) < 4.78 is 31.0. The van der Waals surface area contributed by atoms with Gasteiger partial charge in [-0.2, -0.15) is 0 Å². The second-order valence-electron chi connectivity index (χ2n) is 9.82. The highest BCUT2D eigenvalue weighted by molar-refractivity contribution is 8.26. The second-order valence-corrected chi connectivity index (χ2v) is 14.7. The fraction of sp³-hybridized carbons (Fsp3) is 0.500. The second kappa shape index (κ2) is 11.9. The van der Waals surface area contributed by atoms with Gasteiger partial charge in [-0.15, -0.1) is 11.3 Å². The normalized spacial score (nSPS) is 22.5. The number of nitrogens with zero attached hydrogens (tertiary/aromatic N) is 3. The molecular formula is C26H31N3O5S4. The molecule has 3 aliphatic heterocycles. The molecule has 3 saturated heterocycles. The number of carbonyl (C=O) groups excluding carboxylic acids is 2. The van der Waals surface area contributed by atoms with Crippen molar-refractivity contribution < 1.29 is 22.4 Å². The Morgan fingerprint density at radius 3 is 2.74 bits per heavy atom. The van der Waals surface area contributed by atoms with E-state index in [4.69, 9.17) is 16.6 Å². The number of sulfone groups is 1. The van der Waals surface area contributed by atoms with E-state index in [0.29, 0.717) is 34.4 Å². The summed E-state index contributed by atoms with van der Waals surface area (Å²) >= 11 is 8.26. The summed E-state index contributed by atoms with van der Waals surface area (Å²) in [6, 6.07) is 7.33. The van der Waals surface area contributed by atoms with Crippen molar-refractivity contribution in [3.05, 3.63) is 45.2 Å². The first kappa shape index (κ1) is 27.4. The Hall–Kier alpha value is -2.15. The molecular weight excluding hydrogens is 563 g/mol. The SMILES string of the molecule is O=C1/C(=C/c2cccs2)SC(=S)N1CCCC(=O)N(Cc1ccc(N2CCCCC2)o1)C1CCS(=O)(=O)C1. The van der Waals surface area contributed by atoms with E-state index < -0.39 is 9.84 Å². The first-order valence-corrected chi connectivity index (χ1v) is 16.8. The number of furan rings is 1. The Morgan fingerprint density at radius 2 is 2.03 bits per heavy atom. The van der Waals surface area contributed by atoms with Crippen LogP contribution in [0.15, 0.2) is 39.0 Å². The van der Waals surface area contributed by atoms with Gasteiger partial charge in [0.05, 0.1) is 23.0 Å². The van der Waals surface area contributed by atoms with E-state index in [1.165, 1.54) is 18.2 Å². The monoisotopic (exact) mass is 593 g/mol. The van der Waals surface area contributed by atoms with Gasteiger partial charge in [-0.25, -0.2) is 8.42 Å². The molecule has 204 valence electrons. The number of anilines is 1. The predicted molar refractivity (Wildman–Crippen MR) is 156 cm³/mol. The minimum atomic E-state index is -3.17. The number of carbonyl (C=O) groups is 2. The highest BCUT2D eigenvalue weighted by Crippen LogP contribution is 2.33. The molecule has 1 unspecified atom stereocenters. The zero-order valence-corrected chi connectivity index (χ0v) is 24.3. The molecule has 3 fully saturated rings. The first-order valence-electron chi connectivity index (χ1n) is 12.9. The highest BCUT2D eigenvalue weighted by Gasteiger charge is 2.36. The van der Waals surface area contributed by atoms with E-state index in [-0.39, 0.29) is 42.3 Å². The lowest BCUT2D eigenvalue weighted by Crippen LogP contribution is -2.41. The topological polar surface area (TPSA) is 91.1 Å². The molecule has 5 heterocycles. The van der Waals surface area contributed by atoms with Crippen LogP contribution in [0.4, 0.5) is 5.88 Å². The summed E-state index contributed by atoms with van der Waals surface area (Å²) in [6.45, 7) is 2.48. The van der Waals surface area contributed by atoms with Gasteiger partial charge >= 0.3 is 0 Å². The molecule has 2 aromatic rings. The number of amides is 2. The van der Waals surface area contributed by atoms with E-state index >= 15 is 0 Å². The largest absolute Gasteiger partial charge is 0.444 e. The third-order valence-corrected chi connectivity index (χ3v) is 11.0. The van der Waals surface area contributed by atoms with Crippen molar-refractivity contribution in [2.24, 2.45) is 0 Å². The summed E-state index contributed by atoms with van der Waals surface area (Å²) in [5.41, 5.74) is 0. The lowest BCUT2D eigenvalue weighted by molar-refractivity contribution is -0.134. The van der Waals surface area contributed by atoms with Crippen LogP contribution in [0.1, 0.15) is 49.2 Å². The van der Waals surface area contributed by atoms with Crippen LogP contribution >= 0.6 is 35.3 Å². The molecule has 5 rings (SSSR count). The lowest BCUT2D eigenvalue weighted by Gasteiger charge is -2.28. The number of hydrogen-bond acceptors (Lipinski definition) is 9.